The highest BCUT2D eigenvalue weighted by atomic mass is 79.9. The SMILES string of the molecule is CC(=O)N(CC1(Cc2cccc(Br)c2)CCN(C(=O)OC(C)(C)C)CC1)[C@@H]1CC1c1ccccc1. The maximum Gasteiger partial charge on any atom is 0.410 e. The summed E-state index contributed by atoms with van der Waals surface area (Å²) in [5.41, 5.74) is 1.97. The van der Waals surface area contributed by atoms with Crippen molar-refractivity contribution in [3.8, 4) is 0 Å². The van der Waals surface area contributed by atoms with Crippen molar-refractivity contribution in [2.24, 2.45) is 5.41 Å². The van der Waals surface area contributed by atoms with Crippen LogP contribution in [0, 0.1) is 5.41 Å². The quantitative estimate of drug-likeness (QED) is 0.425. The number of rotatable bonds is 6. The van der Waals surface area contributed by atoms with Gasteiger partial charge in [0, 0.05) is 43.0 Å². The Kier molecular flexibility index (Phi) is 7.60. The summed E-state index contributed by atoms with van der Waals surface area (Å²) in [6, 6.07) is 19.2. The Morgan fingerprint density at radius 3 is 2.37 bits per heavy atom. The zero-order valence-corrected chi connectivity index (χ0v) is 22.9. The van der Waals surface area contributed by atoms with Crippen molar-refractivity contribution < 1.29 is 14.3 Å². The summed E-state index contributed by atoms with van der Waals surface area (Å²) in [7, 11) is 0. The number of hydrogen-bond donors (Lipinski definition) is 0. The number of likely N-dealkylation sites (tertiary alicyclic amines) is 1. The molecule has 2 aromatic rings. The number of ether oxygens (including phenoxy) is 1. The molecule has 2 aliphatic rings. The highest BCUT2D eigenvalue weighted by molar-refractivity contribution is 9.10. The standard InChI is InChI=1S/C29H37BrN2O3/c1-21(33)32(26-18-25(26)23-10-6-5-7-11-23)20-29(19-22-9-8-12-24(30)17-22)13-15-31(16-14-29)27(34)35-28(2,3)4/h5-12,17,25-26H,13-16,18-20H2,1-4H3/t25?,26-/m1/s1. The molecule has 1 aliphatic carbocycles. The van der Waals surface area contributed by atoms with E-state index in [2.05, 4.69) is 63.3 Å². The van der Waals surface area contributed by atoms with Gasteiger partial charge in [-0.3, -0.25) is 4.79 Å². The first-order valence-corrected chi connectivity index (χ1v) is 13.4. The maximum absolute atomic E-state index is 12.9. The molecule has 1 unspecified atom stereocenters. The second-order valence-electron chi connectivity index (χ2n) is 11.2. The Morgan fingerprint density at radius 2 is 1.77 bits per heavy atom. The van der Waals surface area contributed by atoms with Gasteiger partial charge in [-0.2, -0.15) is 0 Å². The number of nitrogens with zero attached hydrogens (tertiary/aromatic N) is 2. The summed E-state index contributed by atoms with van der Waals surface area (Å²) in [5, 5.41) is 0. The number of carbonyl (C=O) groups is 2. The molecule has 2 aromatic carbocycles. The van der Waals surface area contributed by atoms with Crippen molar-refractivity contribution in [3.05, 3.63) is 70.2 Å². The Labute approximate surface area is 218 Å². The molecule has 5 nitrogen and oxygen atoms in total. The van der Waals surface area contributed by atoms with Gasteiger partial charge >= 0.3 is 6.09 Å². The number of amides is 2. The summed E-state index contributed by atoms with van der Waals surface area (Å²) in [6.07, 6.45) is 3.32. The molecule has 4 rings (SSSR count). The molecular weight excluding hydrogens is 504 g/mol. The molecule has 6 heteroatoms. The lowest BCUT2D eigenvalue weighted by atomic mass is 9.73. The van der Waals surface area contributed by atoms with Crippen LogP contribution in [-0.4, -0.2) is 53.1 Å². The van der Waals surface area contributed by atoms with Gasteiger partial charge in [-0.1, -0.05) is 58.4 Å². The van der Waals surface area contributed by atoms with Crippen LogP contribution in [0.15, 0.2) is 59.1 Å². The molecule has 0 N–H and O–H groups in total. The van der Waals surface area contributed by atoms with E-state index >= 15 is 0 Å². The van der Waals surface area contributed by atoms with Crippen LogP contribution in [0.4, 0.5) is 4.79 Å². The normalized spacial score (nSPS) is 21.3. The van der Waals surface area contributed by atoms with Crippen LogP contribution in [-0.2, 0) is 16.0 Å². The molecule has 0 radical (unpaired) electrons. The molecule has 35 heavy (non-hydrogen) atoms. The van der Waals surface area contributed by atoms with Crippen molar-refractivity contribution in [1.82, 2.24) is 9.80 Å². The predicted molar refractivity (Wildman–Crippen MR) is 142 cm³/mol. The third-order valence-corrected chi connectivity index (χ3v) is 7.73. The van der Waals surface area contributed by atoms with Gasteiger partial charge in [0.2, 0.25) is 5.91 Å². The highest BCUT2D eigenvalue weighted by Gasteiger charge is 2.47. The van der Waals surface area contributed by atoms with E-state index in [1.165, 1.54) is 11.1 Å². The van der Waals surface area contributed by atoms with Gasteiger partial charge in [-0.05, 0) is 75.1 Å². The van der Waals surface area contributed by atoms with Crippen molar-refractivity contribution in [2.45, 2.75) is 70.9 Å². The van der Waals surface area contributed by atoms with Crippen LogP contribution < -0.4 is 0 Å². The minimum Gasteiger partial charge on any atom is -0.444 e. The molecule has 1 heterocycles. The van der Waals surface area contributed by atoms with E-state index in [0.29, 0.717) is 25.6 Å². The molecule has 0 bridgehead atoms. The third-order valence-electron chi connectivity index (χ3n) is 7.24. The average Bonchev–Trinajstić information content (AvgIpc) is 3.58. The van der Waals surface area contributed by atoms with Gasteiger partial charge < -0.3 is 14.5 Å². The van der Waals surface area contributed by atoms with Crippen molar-refractivity contribution in [3.63, 3.8) is 0 Å². The number of benzene rings is 2. The largest absolute Gasteiger partial charge is 0.444 e. The fourth-order valence-electron chi connectivity index (χ4n) is 5.37. The summed E-state index contributed by atoms with van der Waals surface area (Å²) in [4.78, 5) is 29.5. The Balaban J connectivity index is 1.53. The highest BCUT2D eigenvalue weighted by Crippen LogP contribution is 2.47. The van der Waals surface area contributed by atoms with Gasteiger partial charge in [0.15, 0.2) is 0 Å². The Bertz CT molecular complexity index is 1040. The van der Waals surface area contributed by atoms with E-state index < -0.39 is 5.60 Å². The monoisotopic (exact) mass is 540 g/mol. The second kappa shape index (κ2) is 10.3. The topological polar surface area (TPSA) is 49.9 Å². The number of halogens is 1. The summed E-state index contributed by atoms with van der Waals surface area (Å²) < 4.78 is 6.69. The molecule has 2 fully saturated rings. The summed E-state index contributed by atoms with van der Waals surface area (Å²) in [6.45, 7) is 9.39. The number of carbonyl (C=O) groups excluding carboxylic acids is 2. The maximum atomic E-state index is 12.9. The molecule has 1 saturated carbocycles. The van der Waals surface area contributed by atoms with Crippen LogP contribution in [0.5, 0.6) is 0 Å². The van der Waals surface area contributed by atoms with E-state index in [-0.39, 0.29) is 23.5 Å². The van der Waals surface area contributed by atoms with Gasteiger partial charge in [0.25, 0.3) is 0 Å². The van der Waals surface area contributed by atoms with Crippen LogP contribution in [0.25, 0.3) is 0 Å². The lowest BCUT2D eigenvalue weighted by Gasteiger charge is -2.45. The van der Waals surface area contributed by atoms with E-state index in [1.807, 2.05) is 37.8 Å². The smallest absolute Gasteiger partial charge is 0.410 e. The molecule has 2 atom stereocenters. The minimum absolute atomic E-state index is 0.0885. The van der Waals surface area contributed by atoms with Gasteiger partial charge in [0.05, 0.1) is 0 Å². The Morgan fingerprint density at radius 1 is 1.09 bits per heavy atom. The van der Waals surface area contributed by atoms with Gasteiger partial charge in [-0.15, -0.1) is 0 Å². The molecule has 0 spiro atoms. The zero-order chi connectivity index (χ0) is 25.2. The third kappa shape index (κ3) is 6.66. The molecule has 1 saturated heterocycles. The van der Waals surface area contributed by atoms with Crippen LogP contribution >= 0.6 is 15.9 Å². The molecule has 0 aromatic heterocycles. The first kappa shape index (κ1) is 25.7. The van der Waals surface area contributed by atoms with Crippen LogP contribution in [0.1, 0.15) is 64.0 Å². The van der Waals surface area contributed by atoms with E-state index in [4.69, 9.17) is 4.74 Å². The van der Waals surface area contributed by atoms with E-state index in [1.54, 1.807) is 6.92 Å². The fraction of sp³-hybridized carbons (Fsp3) is 0.517. The zero-order valence-electron chi connectivity index (χ0n) is 21.3. The lowest BCUT2D eigenvalue weighted by Crippen LogP contribution is -2.51. The van der Waals surface area contributed by atoms with Crippen molar-refractivity contribution in [2.75, 3.05) is 19.6 Å². The second-order valence-corrected chi connectivity index (χ2v) is 12.2. The fourth-order valence-corrected chi connectivity index (χ4v) is 5.82. The Hall–Kier alpha value is -2.34. The van der Waals surface area contributed by atoms with Crippen LogP contribution in [0.3, 0.4) is 0 Å². The average molecular weight is 542 g/mol. The number of hydrogen-bond acceptors (Lipinski definition) is 3. The van der Waals surface area contributed by atoms with Gasteiger partial charge in [-0.25, -0.2) is 4.79 Å². The van der Waals surface area contributed by atoms with Crippen LogP contribution in [0.2, 0.25) is 0 Å². The molecule has 2 amide bonds. The first-order valence-electron chi connectivity index (χ1n) is 12.6. The lowest BCUT2D eigenvalue weighted by molar-refractivity contribution is -0.132. The molecule has 1 aliphatic heterocycles. The molecular formula is C29H37BrN2O3. The molecule has 188 valence electrons. The number of piperidine rings is 1. The predicted octanol–water partition coefficient (Wildman–Crippen LogP) is 6.41. The van der Waals surface area contributed by atoms with Crippen molar-refractivity contribution in [1.29, 1.82) is 0 Å². The van der Waals surface area contributed by atoms with Gasteiger partial charge in [0.1, 0.15) is 5.60 Å². The summed E-state index contributed by atoms with van der Waals surface area (Å²) >= 11 is 3.61. The van der Waals surface area contributed by atoms with E-state index in [9.17, 15) is 9.59 Å². The van der Waals surface area contributed by atoms with E-state index in [0.717, 1.165) is 30.2 Å². The minimum atomic E-state index is -0.508. The van der Waals surface area contributed by atoms with Crippen molar-refractivity contribution >= 4 is 27.9 Å². The first-order chi connectivity index (χ1) is 16.6. The summed E-state index contributed by atoms with van der Waals surface area (Å²) in [5.74, 6) is 0.543.